The van der Waals surface area contributed by atoms with E-state index in [0.717, 1.165) is 19.3 Å². The van der Waals surface area contributed by atoms with E-state index in [4.69, 9.17) is 174 Å². The van der Waals surface area contributed by atoms with E-state index >= 15 is 0 Å². The molecule has 0 rings (SSSR count). The SMILES string of the molecule is CCCCC[CH]C(Cl)(Cl)C(Cl)(Cl)C(Cl)(Cl)C(Cl)(Cl)C(Cl)(C(Cl)(Cl)Cl)C(Cl)(Cl)Cl. The number of hydrogen-bond acceptors (Lipinski definition) is 0. The fraction of sp³-hybridized carbons (Fsp3) is 0.923. The highest BCUT2D eigenvalue weighted by atomic mass is 35.6. The van der Waals surface area contributed by atoms with E-state index < -0.39 is 29.8 Å². The Balaban J connectivity index is 6.29. The van der Waals surface area contributed by atoms with Gasteiger partial charge in [0, 0.05) is 6.42 Å². The van der Waals surface area contributed by atoms with Gasteiger partial charge in [-0.3, -0.25) is 0 Å². The topological polar surface area (TPSA) is 0 Å². The summed E-state index contributed by atoms with van der Waals surface area (Å²) in [6.07, 6.45) is 4.35. The summed E-state index contributed by atoms with van der Waals surface area (Å²) in [7, 11) is 0. The Morgan fingerprint density at radius 3 is 1.25 bits per heavy atom. The van der Waals surface area contributed by atoms with Crippen molar-refractivity contribution in [2.45, 2.75) is 62.4 Å². The molecule has 0 aromatic rings. The Hall–Kier alpha value is 4.35. The van der Waals surface area contributed by atoms with Gasteiger partial charge in [0.05, 0.1) is 0 Å². The maximum atomic E-state index is 6.35. The molecule has 0 saturated heterocycles. The molecule has 0 heterocycles. The fourth-order valence-electron chi connectivity index (χ4n) is 1.95. The summed E-state index contributed by atoms with van der Waals surface area (Å²) in [6, 6.07) is 0. The second-order valence-electron chi connectivity index (χ2n) is 5.70. The first-order valence-electron chi connectivity index (χ1n) is 7.24. The molecular formula is C13H12Cl15. The minimum atomic E-state index is -2.85. The normalized spacial score (nSPS) is 15.9. The first kappa shape index (κ1) is 32.4. The Bertz CT molecular complexity index is 499. The third-order valence-corrected chi connectivity index (χ3v) is 12.4. The van der Waals surface area contributed by atoms with Crippen molar-refractivity contribution in [1.82, 2.24) is 0 Å². The quantitative estimate of drug-likeness (QED) is 0.166. The lowest BCUT2D eigenvalue weighted by molar-refractivity contribution is 0.435. The lowest BCUT2D eigenvalue weighted by atomic mass is 9.97. The zero-order valence-corrected chi connectivity index (χ0v) is 24.9. The second kappa shape index (κ2) is 11.0. The third kappa shape index (κ3) is 6.12. The van der Waals surface area contributed by atoms with Crippen LogP contribution in [0.3, 0.4) is 0 Å². The number of rotatable bonds is 9. The molecule has 15 heteroatoms. The zero-order valence-electron chi connectivity index (χ0n) is 13.6. The predicted molar refractivity (Wildman–Crippen MR) is 135 cm³/mol. The molecule has 0 unspecified atom stereocenters. The van der Waals surface area contributed by atoms with Crippen molar-refractivity contribution in [3.8, 4) is 0 Å². The van der Waals surface area contributed by atoms with Gasteiger partial charge >= 0.3 is 0 Å². The monoisotopic (exact) mass is 693 g/mol. The Labute approximate surface area is 240 Å². The molecular weight excluding hydrogens is 688 g/mol. The Morgan fingerprint density at radius 1 is 0.536 bits per heavy atom. The fourth-order valence-corrected chi connectivity index (χ4v) is 7.66. The van der Waals surface area contributed by atoms with E-state index in [-0.39, 0.29) is 0 Å². The smallest absolute Gasteiger partial charge is 0.106 e. The summed E-state index contributed by atoms with van der Waals surface area (Å²) < 4.78 is -15.5. The summed E-state index contributed by atoms with van der Waals surface area (Å²) in [4.78, 5) is -2.80. The van der Waals surface area contributed by atoms with Gasteiger partial charge < -0.3 is 0 Å². The maximum Gasteiger partial charge on any atom is 0.216 e. The first-order valence-corrected chi connectivity index (χ1v) is 12.9. The van der Waals surface area contributed by atoms with Crippen molar-refractivity contribution in [3.63, 3.8) is 0 Å². The molecule has 0 amide bonds. The molecule has 0 aliphatic rings. The Morgan fingerprint density at radius 2 is 0.929 bits per heavy atom. The number of alkyl halides is 15. The average molecular weight is 700 g/mol. The van der Waals surface area contributed by atoms with Gasteiger partial charge in [0.15, 0.2) is 22.2 Å². The minimum absolute atomic E-state index is 0.407. The lowest BCUT2D eigenvalue weighted by Crippen LogP contribution is -2.71. The van der Waals surface area contributed by atoms with Gasteiger partial charge in [-0.25, -0.2) is 0 Å². The van der Waals surface area contributed by atoms with Crippen LogP contribution in [0.25, 0.3) is 0 Å². The van der Waals surface area contributed by atoms with Crippen LogP contribution in [-0.4, -0.2) is 29.8 Å². The molecule has 169 valence electrons. The van der Waals surface area contributed by atoms with Crippen LogP contribution in [0.4, 0.5) is 0 Å². The molecule has 0 aliphatic carbocycles. The zero-order chi connectivity index (χ0) is 23.0. The maximum absolute atomic E-state index is 6.35. The predicted octanol–water partition coefficient (Wildman–Crippen LogP) is 11.2. The molecule has 0 spiro atoms. The van der Waals surface area contributed by atoms with Crippen LogP contribution in [-0.2, 0) is 0 Å². The molecule has 0 fully saturated rings. The number of unbranched alkanes of at least 4 members (excludes halogenated alkanes) is 3. The third-order valence-electron chi connectivity index (χ3n) is 3.63. The summed E-state index contributed by atoms with van der Waals surface area (Å²) in [5.74, 6) is 0. The van der Waals surface area contributed by atoms with Crippen molar-refractivity contribution in [1.29, 1.82) is 0 Å². The van der Waals surface area contributed by atoms with Crippen molar-refractivity contribution in [2.75, 3.05) is 0 Å². The molecule has 1 radical (unpaired) electrons. The van der Waals surface area contributed by atoms with Gasteiger partial charge in [-0.05, 0) is 6.42 Å². The average Bonchev–Trinajstić information content (AvgIpc) is 2.47. The van der Waals surface area contributed by atoms with Gasteiger partial charge in [-0.2, -0.15) is 0 Å². The van der Waals surface area contributed by atoms with Crippen LogP contribution < -0.4 is 0 Å². The van der Waals surface area contributed by atoms with Gasteiger partial charge in [-0.1, -0.05) is 189 Å². The van der Waals surface area contributed by atoms with E-state index in [2.05, 4.69) is 0 Å². The van der Waals surface area contributed by atoms with Crippen molar-refractivity contribution >= 4 is 174 Å². The standard InChI is InChI=1S/C13H12Cl15/c1-2-3-4-5-6-7(14,15)9(17,18)11(21,22)10(19,20)8(16,12(23,24)25)13(26,27)28/h6H,2-5H2,1H3. The van der Waals surface area contributed by atoms with E-state index in [9.17, 15) is 0 Å². The second-order valence-corrected chi connectivity index (χ2v) is 16.2. The van der Waals surface area contributed by atoms with Crippen molar-refractivity contribution < 1.29 is 0 Å². The van der Waals surface area contributed by atoms with Crippen LogP contribution in [0.15, 0.2) is 0 Å². The Kier molecular flexibility index (Phi) is 12.7. The molecule has 0 saturated carbocycles. The molecule has 0 aromatic heterocycles. The van der Waals surface area contributed by atoms with E-state index in [0.29, 0.717) is 6.42 Å². The molecule has 28 heavy (non-hydrogen) atoms. The van der Waals surface area contributed by atoms with Crippen LogP contribution >= 0.6 is 174 Å². The van der Waals surface area contributed by atoms with Crippen molar-refractivity contribution in [2.24, 2.45) is 0 Å². The lowest BCUT2D eigenvalue weighted by Gasteiger charge is -2.54. The molecule has 0 atom stereocenters. The molecule has 0 N–H and O–H groups in total. The van der Waals surface area contributed by atoms with Gasteiger partial charge in [0.2, 0.25) is 7.59 Å². The van der Waals surface area contributed by atoms with E-state index in [1.54, 1.807) is 0 Å². The van der Waals surface area contributed by atoms with Gasteiger partial charge in [0.1, 0.15) is 0 Å². The number of halogens is 15. The van der Waals surface area contributed by atoms with Crippen LogP contribution in [0.5, 0.6) is 0 Å². The van der Waals surface area contributed by atoms with Crippen molar-refractivity contribution in [3.05, 3.63) is 6.42 Å². The van der Waals surface area contributed by atoms with E-state index in [1.807, 2.05) is 6.92 Å². The largest absolute Gasteiger partial charge is 0.216 e. The van der Waals surface area contributed by atoms with E-state index in [1.165, 1.54) is 6.42 Å². The molecule has 0 aliphatic heterocycles. The summed E-state index contributed by atoms with van der Waals surface area (Å²) >= 11 is 92.4. The highest BCUT2D eigenvalue weighted by Gasteiger charge is 2.81. The minimum Gasteiger partial charge on any atom is -0.106 e. The summed E-state index contributed by atoms with van der Waals surface area (Å²) in [5.41, 5.74) is 0. The summed E-state index contributed by atoms with van der Waals surface area (Å²) in [5, 5.41) is 0. The molecule has 0 aromatic carbocycles. The first-order chi connectivity index (χ1) is 12.1. The highest BCUT2D eigenvalue weighted by Crippen LogP contribution is 2.72. The van der Waals surface area contributed by atoms with Gasteiger partial charge in [-0.15, -0.1) is 11.6 Å². The van der Waals surface area contributed by atoms with Gasteiger partial charge in [0.25, 0.3) is 0 Å². The molecule has 0 nitrogen and oxygen atoms in total. The molecule has 0 bridgehead atoms. The summed E-state index contributed by atoms with van der Waals surface area (Å²) in [6.45, 7) is 2.01. The number of hydrogen-bond donors (Lipinski definition) is 0. The van der Waals surface area contributed by atoms with Crippen LogP contribution in [0, 0.1) is 6.42 Å². The van der Waals surface area contributed by atoms with Crippen LogP contribution in [0.1, 0.15) is 32.6 Å². The van der Waals surface area contributed by atoms with Crippen LogP contribution in [0.2, 0.25) is 0 Å². The highest BCUT2D eigenvalue weighted by molar-refractivity contribution is 6.82.